The quantitative estimate of drug-likeness (QED) is 0.429. The summed E-state index contributed by atoms with van der Waals surface area (Å²) in [4.78, 5) is 4.35. The van der Waals surface area contributed by atoms with E-state index >= 15 is 0 Å². The first kappa shape index (κ1) is 25.2. The summed E-state index contributed by atoms with van der Waals surface area (Å²) in [6.45, 7) is 0.459. The van der Waals surface area contributed by atoms with Crippen molar-refractivity contribution in [3.05, 3.63) is 77.9 Å². The first-order valence-corrected chi connectivity index (χ1v) is 12.5. The maximum atomic E-state index is 13.5. The van der Waals surface area contributed by atoms with Crippen LogP contribution in [0.1, 0.15) is 29.8 Å². The molecule has 1 aromatic heterocycles. The fraction of sp³-hybridized carbons (Fsp3) is 0.375. The highest BCUT2D eigenvalue weighted by molar-refractivity contribution is 7.89. The third-order valence-electron chi connectivity index (χ3n) is 5.91. The van der Waals surface area contributed by atoms with Crippen molar-refractivity contribution < 1.29 is 31.1 Å². The van der Waals surface area contributed by atoms with E-state index in [1.165, 1.54) is 46.4 Å². The molecule has 0 radical (unpaired) electrons. The molecular formula is C24H26F3N3O4S. The molecule has 1 atom stereocenters. The minimum Gasteiger partial charge on any atom is -0.497 e. The number of sulfonamides is 1. The van der Waals surface area contributed by atoms with Crippen molar-refractivity contribution in [3.8, 4) is 5.75 Å². The van der Waals surface area contributed by atoms with Crippen molar-refractivity contribution in [1.29, 1.82) is 0 Å². The molecule has 1 aliphatic rings. The van der Waals surface area contributed by atoms with Crippen LogP contribution in [0.25, 0.3) is 0 Å². The van der Waals surface area contributed by atoms with Crippen LogP contribution in [-0.4, -0.2) is 48.6 Å². The van der Waals surface area contributed by atoms with E-state index < -0.39 is 21.8 Å². The van der Waals surface area contributed by atoms with Gasteiger partial charge in [0.2, 0.25) is 10.0 Å². The topological polar surface area (TPSA) is 73.7 Å². The highest BCUT2D eigenvalue weighted by Crippen LogP contribution is 2.32. The summed E-state index contributed by atoms with van der Waals surface area (Å²) in [5, 5.41) is 0. The summed E-state index contributed by atoms with van der Waals surface area (Å²) in [6.07, 6.45) is -0.201. The second-order valence-corrected chi connectivity index (χ2v) is 10.2. The number of benzene rings is 2. The van der Waals surface area contributed by atoms with Gasteiger partial charge in [0, 0.05) is 32.1 Å². The molecule has 0 saturated carbocycles. The van der Waals surface area contributed by atoms with Crippen LogP contribution in [0.4, 0.5) is 13.2 Å². The molecule has 1 fully saturated rings. The van der Waals surface area contributed by atoms with Crippen molar-refractivity contribution in [1.82, 2.24) is 13.9 Å². The molecule has 0 amide bonds. The maximum absolute atomic E-state index is 13.5. The molecule has 1 aliphatic heterocycles. The Balaban J connectivity index is 1.63. The lowest BCUT2D eigenvalue weighted by atomic mass is 10.1. The Morgan fingerprint density at radius 3 is 2.57 bits per heavy atom. The van der Waals surface area contributed by atoms with E-state index in [1.807, 2.05) is 0 Å². The van der Waals surface area contributed by atoms with Crippen LogP contribution >= 0.6 is 0 Å². The van der Waals surface area contributed by atoms with Crippen molar-refractivity contribution in [3.63, 3.8) is 0 Å². The van der Waals surface area contributed by atoms with Crippen molar-refractivity contribution in [2.75, 3.05) is 20.3 Å². The van der Waals surface area contributed by atoms with Gasteiger partial charge in [-0.25, -0.2) is 13.4 Å². The zero-order chi connectivity index (χ0) is 25.1. The van der Waals surface area contributed by atoms with Gasteiger partial charge in [0.05, 0.1) is 30.2 Å². The van der Waals surface area contributed by atoms with Gasteiger partial charge in [-0.2, -0.15) is 17.5 Å². The Morgan fingerprint density at radius 2 is 1.91 bits per heavy atom. The summed E-state index contributed by atoms with van der Waals surface area (Å²) in [5.74, 6) is 0.852. The van der Waals surface area contributed by atoms with E-state index in [9.17, 15) is 21.6 Å². The molecule has 188 valence electrons. The van der Waals surface area contributed by atoms with Crippen LogP contribution in [0.5, 0.6) is 5.75 Å². The largest absolute Gasteiger partial charge is 0.497 e. The standard InChI is InChI=1S/C24H26F3N3O4S/c1-33-19-8-10-21(11-9-19)35(31,32)30(16-20-6-4-14-34-20)17-23-28-12-13-29(23)15-18-5-2-3-7-22(18)24(25,26)27/h2-3,5,7-13,20H,4,6,14-17H2,1H3. The molecule has 11 heteroatoms. The monoisotopic (exact) mass is 509 g/mol. The van der Waals surface area contributed by atoms with Crippen LogP contribution in [0.3, 0.4) is 0 Å². The lowest BCUT2D eigenvalue weighted by Crippen LogP contribution is -2.37. The Kier molecular flexibility index (Phi) is 7.48. The Morgan fingerprint density at radius 1 is 1.17 bits per heavy atom. The van der Waals surface area contributed by atoms with Crippen LogP contribution in [0.15, 0.2) is 65.8 Å². The van der Waals surface area contributed by atoms with Crippen molar-refractivity contribution >= 4 is 10.0 Å². The molecule has 7 nitrogen and oxygen atoms in total. The smallest absolute Gasteiger partial charge is 0.416 e. The van der Waals surface area contributed by atoms with Crippen LogP contribution in [-0.2, 0) is 34.0 Å². The highest BCUT2D eigenvalue weighted by atomic mass is 32.2. The average molecular weight is 510 g/mol. The number of aromatic nitrogens is 2. The van der Waals surface area contributed by atoms with Gasteiger partial charge in [0.25, 0.3) is 0 Å². The number of hydrogen-bond acceptors (Lipinski definition) is 5. The fourth-order valence-corrected chi connectivity index (χ4v) is 5.50. The number of hydrogen-bond donors (Lipinski definition) is 0. The molecule has 3 aromatic rings. The van der Waals surface area contributed by atoms with Gasteiger partial charge in [-0.3, -0.25) is 0 Å². The van der Waals surface area contributed by atoms with E-state index in [0.717, 1.165) is 18.9 Å². The van der Waals surface area contributed by atoms with E-state index in [-0.39, 0.29) is 36.2 Å². The van der Waals surface area contributed by atoms with Gasteiger partial charge in [0.1, 0.15) is 11.6 Å². The molecule has 2 aromatic carbocycles. The SMILES string of the molecule is COc1ccc(S(=O)(=O)N(Cc2nccn2Cc2ccccc2C(F)(F)F)CC2CCCO2)cc1. The van der Waals surface area contributed by atoms with Gasteiger partial charge < -0.3 is 14.0 Å². The van der Waals surface area contributed by atoms with Crippen LogP contribution in [0, 0.1) is 0 Å². The van der Waals surface area contributed by atoms with Gasteiger partial charge >= 0.3 is 6.18 Å². The molecule has 1 unspecified atom stereocenters. The van der Waals surface area contributed by atoms with Gasteiger partial charge in [-0.05, 0) is 48.7 Å². The highest BCUT2D eigenvalue weighted by Gasteiger charge is 2.34. The summed E-state index contributed by atoms with van der Waals surface area (Å²) in [7, 11) is -2.46. The number of rotatable bonds is 9. The number of imidazole rings is 1. The molecule has 0 spiro atoms. The molecule has 0 N–H and O–H groups in total. The first-order valence-electron chi connectivity index (χ1n) is 11.1. The minimum absolute atomic E-state index is 0.0722. The van der Waals surface area contributed by atoms with Crippen LogP contribution in [0.2, 0.25) is 0 Å². The van der Waals surface area contributed by atoms with Crippen LogP contribution < -0.4 is 4.74 Å². The van der Waals surface area contributed by atoms with Crippen molar-refractivity contribution in [2.45, 2.75) is 43.1 Å². The zero-order valence-corrected chi connectivity index (χ0v) is 19.9. The predicted molar refractivity (Wildman–Crippen MR) is 122 cm³/mol. The first-order chi connectivity index (χ1) is 16.7. The number of halogens is 3. The van der Waals surface area contributed by atoms with E-state index in [4.69, 9.17) is 9.47 Å². The summed E-state index contributed by atoms with van der Waals surface area (Å²) < 4.78 is 81.1. The number of nitrogens with zero attached hydrogens (tertiary/aromatic N) is 3. The molecule has 0 aliphatic carbocycles. The second-order valence-electron chi connectivity index (χ2n) is 8.23. The normalized spacial score (nSPS) is 16.7. The predicted octanol–water partition coefficient (Wildman–Crippen LogP) is 4.33. The Labute approximate surface area is 202 Å². The molecular weight excluding hydrogens is 483 g/mol. The lowest BCUT2D eigenvalue weighted by molar-refractivity contribution is -0.138. The van der Waals surface area contributed by atoms with Gasteiger partial charge in [-0.15, -0.1) is 0 Å². The summed E-state index contributed by atoms with van der Waals surface area (Å²) in [6, 6.07) is 11.4. The van der Waals surface area contributed by atoms with E-state index in [2.05, 4.69) is 4.98 Å². The molecule has 1 saturated heterocycles. The fourth-order valence-electron chi connectivity index (χ4n) is 4.07. The van der Waals surface area contributed by atoms with E-state index in [1.54, 1.807) is 24.4 Å². The molecule has 4 rings (SSSR count). The maximum Gasteiger partial charge on any atom is 0.416 e. The van der Waals surface area contributed by atoms with Gasteiger partial charge in [-0.1, -0.05) is 18.2 Å². The third kappa shape index (κ3) is 5.85. The Hall–Kier alpha value is -2.89. The lowest BCUT2D eigenvalue weighted by Gasteiger charge is -2.25. The van der Waals surface area contributed by atoms with E-state index in [0.29, 0.717) is 18.2 Å². The number of ether oxygens (including phenoxy) is 2. The number of methoxy groups -OCH3 is 1. The molecule has 35 heavy (non-hydrogen) atoms. The number of alkyl halides is 3. The van der Waals surface area contributed by atoms with Gasteiger partial charge in [0.15, 0.2) is 0 Å². The Bertz CT molecular complexity index is 1240. The summed E-state index contributed by atoms with van der Waals surface area (Å²) in [5.41, 5.74) is -0.662. The summed E-state index contributed by atoms with van der Waals surface area (Å²) >= 11 is 0. The van der Waals surface area contributed by atoms with Crippen molar-refractivity contribution in [2.24, 2.45) is 0 Å². The second kappa shape index (κ2) is 10.4. The molecule has 0 bridgehead atoms. The average Bonchev–Trinajstić information content (AvgIpc) is 3.51. The minimum atomic E-state index is -4.50. The zero-order valence-electron chi connectivity index (χ0n) is 19.1. The third-order valence-corrected chi connectivity index (χ3v) is 7.74. The molecule has 2 heterocycles.